The van der Waals surface area contributed by atoms with Crippen molar-refractivity contribution in [3.05, 3.63) is 54.1 Å². The molecule has 0 saturated carbocycles. The number of benzene rings is 1. The molecule has 0 bridgehead atoms. The smallest absolute Gasteiger partial charge is 0.220 e. The van der Waals surface area contributed by atoms with E-state index >= 15 is 0 Å². The molecule has 0 radical (unpaired) electrons. The quantitative estimate of drug-likeness (QED) is 0.718. The number of imidazole rings is 1. The number of amides is 1. The first kappa shape index (κ1) is 22.5. The van der Waals surface area contributed by atoms with Gasteiger partial charge in [0.2, 0.25) is 5.91 Å². The molecule has 7 heteroatoms. The van der Waals surface area contributed by atoms with E-state index in [0.29, 0.717) is 18.9 Å². The summed E-state index contributed by atoms with van der Waals surface area (Å²) in [6.45, 7) is 3.62. The molecule has 3 rings (SSSR count). The lowest BCUT2D eigenvalue weighted by molar-refractivity contribution is -0.121. The molecule has 1 fully saturated rings. The van der Waals surface area contributed by atoms with Gasteiger partial charge in [0, 0.05) is 38.3 Å². The van der Waals surface area contributed by atoms with Crippen molar-refractivity contribution in [3.8, 4) is 0 Å². The highest BCUT2D eigenvalue weighted by Crippen LogP contribution is 2.13. The molecule has 5 nitrogen and oxygen atoms in total. The molecule has 1 unspecified atom stereocenters. The maximum absolute atomic E-state index is 11.9. The van der Waals surface area contributed by atoms with Gasteiger partial charge in [-0.25, -0.2) is 4.98 Å². The highest BCUT2D eigenvalue weighted by Gasteiger charge is 2.15. The third-order valence-electron chi connectivity index (χ3n) is 4.61. The van der Waals surface area contributed by atoms with Crippen LogP contribution in [0.4, 0.5) is 0 Å². The van der Waals surface area contributed by atoms with Gasteiger partial charge in [-0.1, -0.05) is 30.3 Å². The molecule has 1 aromatic heterocycles. The molecule has 1 saturated heterocycles. The van der Waals surface area contributed by atoms with E-state index in [-0.39, 0.29) is 30.7 Å². The van der Waals surface area contributed by atoms with Crippen LogP contribution in [-0.4, -0.2) is 35.1 Å². The maximum atomic E-state index is 11.9. The maximum Gasteiger partial charge on any atom is 0.220 e. The fourth-order valence-corrected chi connectivity index (χ4v) is 3.19. The minimum absolute atomic E-state index is 0. The molecule has 1 atom stereocenters. The number of nitrogens with zero attached hydrogens (tertiary/aromatic N) is 2. The summed E-state index contributed by atoms with van der Waals surface area (Å²) in [6.07, 6.45) is 7.40. The number of carbonyl (C=O) groups excluding carboxylic acids is 1. The van der Waals surface area contributed by atoms with Gasteiger partial charge in [-0.2, -0.15) is 0 Å². The summed E-state index contributed by atoms with van der Waals surface area (Å²) in [7, 11) is 0. The van der Waals surface area contributed by atoms with Gasteiger partial charge >= 0.3 is 0 Å². The molecule has 1 aliphatic heterocycles. The van der Waals surface area contributed by atoms with Crippen LogP contribution in [0, 0.1) is 5.92 Å². The highest BCUT2D eigenvalue weighted by molar-refractivity contribution is 5.85. The van der Waals surface area contributed by atoms with Crippen molar-refractivity contribution >= 4 is 30.7 Å². The number of nitrogens with one attached hydrogen (secondary N) is 2. The van der Waals surface area contributed by atoms with E-state index in [1.807, 2.05) is 30.6 Å². The molecule has 2 heterocycles. The summed E-state index contributed by atoms with van der Waals surface area (Å²) in [5, 5.41) is 6.36. The van der Waals surface area contributed by atoms with Crippen LogP contribution in [0.15, 0.2) is 42.7 Å². The van der Waals surface area contributed by atoms with Crippen molar-refractivity contribution in [1.29, 1.82) is 0 Å². The van der Waals surface area contributed by atoms with Crippen LogP contribution < -0.4 is 10.6 Å². The molecule has 1 amide bonds. The molecule has 26 heavy (non-hydrogen) atoms. The number of halogens is 2. The molecule has 0 spiro atoms. The van der Waals surface area contributed by atoms with Crippen LogP contribution >= 0.6 is 24.8 Å². The lowest BCUT2D eigenvalue weighted by Gasteiger charge is -2.10. The molecule has 2 aromatic rings. The van der Waals surface area contributed by atoms with Gasteiger partial charge < -0.3 is 15.2 Å². The fourth-order valence-electron chi connectivity index (χ4n) is 3.19. The summed E-state index contributed by atoms with van der Waals surface area (Å²) in [5.41, 5.74) is 1.26. The summed E-state index contributed by atoms with van der Waals surface area (Å²) in [6, 6.07) is 10.3. The van der Waals surface area contributed by atoms with E-state index < -0.39 is 0 Å². The largest absolute Gasteiger partial charge is 0.356 e. The highest BCUT2D eigenvalue weighted by atomic mass is 35.5. The summed E-state index contributed by atoms with van der Waals surface area (Å²) >= 11 is 0. The lowest BCUT2D eigenvalue weighted by atomic mass is 10.0. The number of hydrogen-bond donors (Lipinski definition) is 2. The first-order chi connectivity index (χ1) is 11.8. The van der Waals surface area contributed by atoms with E-state index in [0.717, 1.165) is 38.3 Å². The second kappa shape index (κ2) is 11.9. The molecule has 144 valence electrons. The number of hydrogen-bond acceptors (Lipinski definition) is 3. The summed E-state index contributed by atoms with van der Waals surface area (Å²) < 4.78 is 2.14. The average Bonchev–Trinajstić information content (AvgIpc) is 3.26. The van der Waals surface area contributed by atoms with Crippen LogP contribution in [0.3, 0.4) is 0 Å². The molecule has 1 aliphatic rings. The van der Waals surface area contributed by atoms with Crippen LogP contribution in [0.5, 0.6) is 0 Å². The first-order valence-corrected chi connectivity index (χ1v) is 8.82. The third kappa shape index (κ3) is 6.98. The fraction of sp³-hybridized carbons (Fsp3) is 0.474. The molecule has 2 N–H and O–H groups in total. The summed E-state index contributed by atoms with van der Waals surface area (Å²) in [5.74, 6) is 1.84. The van der Waals surface area contributed by atoms with E-state index in [4.69, 9.17) is 0 Å². The predicted molar refractivity (Wildman–Crippen MR) is 109 cm³/mol. The zero-order chi connectivity index (χ0) is 16.6. The molecular weight excluding hydrogens is 371 g/mol. The normalized spacial score (nSPS) is 15.8. The first-order valence-electron chi connectivity index (χ1n) is 8.82. The van der Waals surface area contributed by atoms with E-state index in [1.165, 1.54) is 12.0 Å². The van der Waals surface area contributed by atoms with Crippen LogP contribution in [0.2, 0.25) is 0 Å². The number of rotatable bonds is 8. The third-order valence-corrected chi connectivity index (χ3v) is 4.61. The Bertz CT molecular complexity index is 642. The SMILES string of the molecule is Cl.Cl.O=C(CCC1CCNC1)NCCc1nccn1Cc1ccccc1. The minimum atomic E-state index is 0. The molecule has 0 aliphatic carbocycles. The Labute approximate surface area is 167 Å². The Hall–Kier alpha value is -1.56. The average molecular weight is 399 g/mol. The monoisotopic (exact) mass is 398 g/mol. The van der Waals surface area contributed by atoms with Gasteiger partial charge in [-0.15, -0.1) is 24.8 Å². The Morgan fingerprint density at radius 3 is 2.81 bits per heavy atom. The van der Waals surface area contributed by atoms with Gasteiger partial charge in [0.1, 0.15) is 5.82 Å². The topological polar surface area (TPSA) is 59.0 Å². The van der Waals surface area contributed by atoms with Crippen LogP contribution in [-0.2, 0) is 17.8 Å². The second-order valence-corrected chi connectivity index (χ2v) is 6.45. The van der Waals surface area contributed by atoms with Gasteiger partial charge in [-0.3, -0.25) is 4.79 Å². The van der Waals surface area contributed by atoms with Gasteiger partial charge in [0.05, 0.1) is 0 Å². The van der Waals surface area contributed by atoms with E-state index in [1.54, 1.807) is 0 Å². The Morgan fingerprint density at radius 1 is 1.27 bits per heavy atom. The van der Waals surface area contributed by atoms with E-state index in [9.17, 15) is 4.79 Å². The number of aromatic nitrogens is 2. The lowest BCUT2D eigenvalue weighted by Crippen LogP contribution is -2.27. The van der Waals surface area contributed by atoms with Crippen molar-refractivity contribution in [1.82, 2.24) is 20.2 Å². The molecule has 1 aromatic carbocycles. The second-order valence-electron chi connectivity index (χ2n) is 6.45. The molecular formula is C19H28Cl2N4O. The summed E-state index contributed by atoms with van der Waals surface area (Å²) in [4.78, 5) is 16.4. The van der Waals surface area contributed by atoms with Crippen LogP contribution in [0.1, 0.15) is 30.7 Å². The van der Waals surface area contributed by atoms with Crippen molar-refractivity contribution < 1.29 is 4.79 Å². The standard InChI is InChI=1S/C19H26N4O.2ClH/c24-19(7-6-16-8-10-20-14-16)22-11-9-18-21-12-13-23(18)15-17-4-2-1-3-5-17;;/h1-5,12-13,16,20H,6-11,14-15H2,(H,22,24);2*1H. The Morgan fingerprint density at radius 2 is 2.08 bits per heavy atom. The zero-order valence-corrected chi connectivity index (χ0v) is 16.5. The zero-order valence-electron chi connectivity index (χ0n) is 14.9. The predicted octanol–water partition coefficient (Wildman–Crippen LogP) is 2.82. The Kier molecular flexibility index (Phi) is 10.3. The van der Waals surface area contributed by atoms with Crippen molar-refractivity contribution in [2.45, 2.75) is 32.2 Å². The van der Waals surface area contributed by atoms with Crippen molar-refractivity contribution in [2.24, 2.45) is 5.92 Å². The van der Waals surface area contributed by atoms with Gasteiger partial charge in [0.15, 0.2) is 0 Å². The number of carbonyl (C=O) groups is 1. The van der Waals surface area contributed by atoms with Crippen molar-refractivity contribution in [3.63, 3.8) is 0 Å². The van der Waals surface area contributed by atoms with Gasteiger partial charge in [0.25, 0.3) is 0 Å². The van der Waals surface area contributed by atoms with Crippen molar-refractivity contribution in [2.75, 3.05) is 19.6 Å². The van der Waals surface area contributed by atoms with E-state index in [2.05, 4.69) is 32.3 Å². The minimum Gasteiger partial charge on any atom is -0.356 e. The Balaban J connectivity index is 0.00000169. The van der Waals surface area contributed by atoms with Crippen LogP contribution in [0.25, 0.3) is 0 Å². The van der Waals surface area contributed by atoms with Gasteiger partial charge in [-0.05, 0) is 37.4 Å².